The highest BCUT2D eigenvalue weighted by atomic mass is 32.2. The van der Waals surface area contributed by atoms with E-state index in [1.807, 2.05) is 55.0 Å². The SMILES string of the molecule is O=C(CSc1nnc2sc3ccccc3n12)N1CCN(C(=O)CSc2nnc3sc4ccccc4n23)CC1. The summed E-state index contributed by atoms with van der Waals surface area (Å²) in [4.78, 5) is 31.1. The van der Waals surface area contributed by atoms with E-state index >= 15 is 0 Å². The Bertz CT molecular complexity index is 1680. The standard InChI is InChI=1S/C24H20N8O2S4/c33-19(13-35-21-25-27-23-31(21)15-5-1-3-7-17(15)37-23)29-9-11-30(12-10-29)20(34)14-36-22-26-28-24-32(22)16-6-2-4-8-18(16)38-24/h1-8H,9-14H2. The Kier molecular flexibility index (Phi) is 6.18. The minimum absolute atomic E-state index is 0.0444. The van der Waals surface area contributed by atoms with Crippen molar-refractivity contribution >= 4 is 88.4 Å². The third kappa shape index (κ3) is 4.21. The van der Waals surface area contributed by atoms with Crippen LogP contribution in [0.1, 0.15) is 0 Å². The molecule has 1 aliphatic heterocycles. The lowest BCUT2D eigenvalue weighted by Gasteiger charge is -2.34. The summed E-state index contributed by atoms with van der Waals surface area (Å²) in [6, 6.07) is 16.2. The Morgan fingerprint density at radius 2 is 1.08 bits per heavy atom. The van der Waals surface area contributed by atoms with E-state index in [-0.39, 0.29) is 23.3 Å². The van der Waals surface area contributed by atoms with Gasteiger partial charge < -0.3 is 9.80 Å². The smallest absolute Gasteiger partial charge is 0.233 e. The van der Waals surface area contributed by atoms with E-state index in [4.69, 9.17) is 0 Å². The van der Waals surface area contributed by atoms with E-state index in [1.165, 1.54) is 23.5 Å². The van der Waals surface area contributed by atoms with Gasteiger partial charge in [0.05, 0.1) is 31.9 Å². The Morgan fingerprint density at radius 3 is 1.53 bits per heavy atom. The Balaban J connectivity index is 0.936. The van der Waals surface area contributed by atoms with E-state index < -0.39 is 0 Å². The topological polar surface area (TPSA) is 101 Å². The molecular weight excluding hydrogens is 561 g/mol. The van der Waals surface area contributed by atoms with E-state index in [1.54, 1.807) is 22.7 Å². The molecule has 4 aromatic heterocycles. The fourth-order valence-electron chi connectivity index (χ4n) is 4.54. The van der Waals surface area contributed by atoms with Gasteiger partial charge in [-0.25, -0.2) is 0 Å². The second kappa shape index (κ2) is 9.84. The van der Waals surface area contributed by atoms with Crippen molar-refractivity contribution < 1.29 is 9.59 Å². The highest BCUT2D eigenvalue weighted by Gasteiger charge is 2.25. The quantitative estimate of drug-likeness (QED) is 0.275. The molecule has 2 aromatic carbocycles. The van der Waals surface area contributed by atoms with E-state index in [0.717, 1.165) is 40.7 Å². The Morgan fingerprint density at radius 1 is 0.658 bits per heavy atom. The molecule has 192 valence electrons. The number of hydrogen-bond donors (Lipinski definition) is 0. The zero-order valence-electron chi connectivity index (χ0n) is 19.9. The molecule has 0 N–H and O–H groups in total. The summed E-state index contributed by atoms with van der Waals surface area (Å²) in [5, 5.41) is 18.5. The lowest BCUT2D eigenvalue weighted by atomic mass is 10.3. The van der Waals surface area contributed by atoms with Crippen LogP contribution in [0.2, 0.25) is 0 Å². The van der Waals surface area contributed by atoms with E-state index in [2.05, 4.69) is 32.5 Å². The molecule has 14 heteroatoms. The minimum Gasteiger partial charge on any atom is -0.338 e. The van der Waals surface area contributed by atoms with Crippen LogP contribution in [-0.4, -0.2) is 88.5 Å². The van der Waals surface area contributed by atoms with Crippen molar-refractivity contribution in [1.29, 1.82) is 0 Å². The second-order valence-electron chi connectivity index (χ2n) is 8.68. The van der Waals surface area contributed by atoms with Crippen molar-refractivity contribution in [2.45, 2.75) is 10.3 Å². The number of para-hydroxylation sites is 2. The number of rotatable bonds is 6. The van der Waals surface area contributed by atoms with Gasteiger partial charge in [0, 0.05) is 26.2 Å². The van der Waals surface area contributed by atoms with Crippen LogP contribution in [0.5, 0.6) is 0 Å². The first-order valence-corrected chi connectivity index (χ1v) is 15.5. The number of carbonyl (C=O) groups excluding carboxylic acids is 2. The van der Waals surface area contributed by atoms with E-state index in [9.17, 15) is 9.59 Å². The maximum Gasteiger partial charge on any atom is 0.233 e. The number of carbonyl (C=O) groups is 2. The molecule has 0 bridgehead atoms. The van der Waals surface area contributed by atoms with Gasteiger partial charge in [-0.15, -0.1) is 20.4 Å². The van der Waals surface area contributed by atoms with Gasteiger partial charge in [0.2, 0.25) is 21.7 Å². The molecule has 10 nitrogen and oxygen atoms in total. The van der Waals surface area contributed by atoms with Crippen LogP contribution >= 0.6 is 46.2 Å². The van der Waals surface area contributed by atoms with Gasteiger partial charge in [0.15, 0.2) is 10.3 Å². The molecule has 38 heavy (non-hydrogen) atoms. The fraction of sp³-hybridized carbons (Fsp3) is 0.250. The molecule has 0 atom stereocenters. The van der Waals surface area contributed by atoms with Gasteiger partial charge >= 0.3 is 0 Å². The predicted octanol–water partition coefficient (Wildman–Crippen LogP) is 3.76. The predicted molar refractivity (Wildman–Crippen MR) is 151 cm³/mol. The molecule has 5 heterocycles. The summed E-state index contributed by atoms with van der Waals surface area (Å²) in [5.74, 6) is 0.657. The third-order valence-corrected chi connectivity index (χ3v) is 10.3. The largest absolute Gasteiger partial charge is 0.338 e. The molecule has 0 radical (unpaired) electrons. The van der Waals surface area contributed by atoms with Gasteiger partial charge in [0.25, 0.3) is 0 Å². The highest BCUT2D eigenvalue weighted by Crippen LogP contribution is 2.31. The number of benzene rings is 2. The fourth-order valence-corrected chi connectivity index (χ4v) is 8.28. The second-order valence-corrected chi connectivity index (χ2v) is 12.6. The summed E-state index contributed by atoms with van der Waals surface area (Å²) >= 11 is 5.97. The molecule has 1 aliphatic rings. The molecular formula is C24H20N8O2S4. The molecule has 0 unspecified atom stereocenters. The summed E-state index contributed by atoms with van der Waals surface area (Å²) in [6.07, 6.45) is 0. The first-order valence-electron chi connectivity index (χ1n) is 11.9. The highest BCUT2D eigenvalue weighted by molar-refractivity contribution is 8.00. The molecule has 0 spiro atoms. The van der Waals surface area contributed by atoms with Crippen molar-refractivity contribution in [2.24, 2.45) is 0 Å². The van der Waals surface area contributed by atoms with Crippen LogP contribution in [0.15, 0.2) is 58.8 Å². The summed E-state index contributed by atoms with van der Waals surface area (Å²) in [7, 11) is 0. The monoisotopic (exact) mass is 580 g/mol. The normalized spacial score (nSPS) is 14.4. The first-order chi connectivity index (χ1) is 18.7. The maximum atomic E-state index is 12.9. The molecule has 1 fully saturated rings. The van der Waals surface area contributed by atoms with Crippen LogP contribution in [0.4, 0.5) is 0 Å². The van der Waals surface area contributed by atoms with Crippen molar-refractivity contribution in [1.82, 2.24) is 39.0 Å². The van der Waals surface area contributed by atoms with Gasteiger partial charge in [-0.1, -0.05) is 70.5 Å². The van der Waals surface area contributed by atoms with Gasteiger partial charge in [0.1, 0.15) is 0 Å². The minimum atomic E-state index is 0.0444. The maximum absolute atomic E-state index is 12.9. The molecule has 0 aliphatic carbocycles. The van der Waals surface area contributed by atoms with Crippen molar-refractivity contribution in [3.05, 3.63) is 48.5 Å². The van der Waals surface area contributed by atoms with Crippen LogP contribution in [0.25, 0.3) is 30.4 Å². The number of hydrogen-bond acceptors (Lipinski definition) is 10. The lowest BCUT2D eigenvalue weighted by molar-refractivity contribution is -0.136. The van der Waals surface area contributed by atoms with Gasteiger partial charge in [-0.2, -0.15) is 0 Å². The molecule has 6 aromatic rings. The van der Waals surface area contributed by atoms with Crippen molar-refractivity contribution in [3.63, 3.8) is 0 Å². The number of aromatic nitrogens is 6. The van der Waals surface area contributed by atoms with Crippen molar-refractivity contribution in [3.8, 4) is 0 Å². The Hall–Kier alpha value is -3.20. The summed E-state index contributed by atoms with van der Waals surface area (Å²) in [6.45, 7) is 2.10. The number of amides is 2. The Labute approximate surface area is 232 Å². The number of thioether (sulfide) groups is 2. The zero-order chi connectivity index (χ0) is 25.6. The van der Waals surface area contributed by atoms with Crippen LogP contribution < -0.4 is 0 Å². The average Bonchev–Trinajstić information content (AvgIpc) is 3.71. The van der Waals surface area contributed by atoms with Crippen LogP contribution in [0.3, 0.4) is 0 Å². The third-order valence-electron chi connectivity index (χ3n) is 6.46. The first kappa shape index (κ1) is 23.9. The molecule has 1 saturated heterocycles. The van der Waals surface area contributed by atoms with Crippen LogP contribution in [0, 0.1) is 0 Å². The average molecular weight is 581 g/mol. The summed E-state index contributed by atoms with van der Waals surface area (Å²) < 4.78 is 6.30. The van der Waals surface area contributed by atoms with Crippen LogP contribution in [-0.2, 0) is 9.59 Å². The van der Waals surface area contributed by atoms with E-state index in [0.29, 0.717) is 26.2 Å². The van der Waals surface area contributed by atoms with Gasteiger partial charge in [-0.3, -0.25) is 18.4 Å². The number of piperazine rings is 1. The molecule has 7 rings (SSSR count). The number of nitrogens with zero attached hydrogens (tertiary/aromatic N) is 8. The number of fused-ring (bicyclic) bond motifs is 6. The summed E-state index contributed by atoms with van der Waals surface area (Å²) in [5.41, 5.74) is 2.10. The molecule has 2 amide bonds. The van der Waals surface area contributed by atoms with Gasteiger partial charge in [-0.05, 0) is 24.3 Å². The zero-order valence-corrected chi connectivity index (χ0v) is 23.2. The number of thiazole rings is 2. The lowest BCUT2D eigenvalue weighted by Crippen LogP contribution is -2.51. The molecule has 0 saturated carbocycles. The van der Waals surface area contributed by atoms with Crippen molar-refractivity contribution in [2.75, 3.05) is 37.7 Å².